The van der Waals surface area contributed by atoms with E-state index in [0.717, 1.165) is 0 Å². The number of halogens is 3. The Labute approximate surface area is 88.5 Å². The van der Waals surface area contributed by atoms with Gasteiger partial charge in [-0.25, -0.2) is 0 Å². The molecule has 0 saturated heterocycles. The zero-order valence-corrected chi connectivity index (χ0v) is 8.14. The topological polar surface area (TPSA) is 66.0 Å². The third-order valence-electron chi connectivity index (χ3n) is 2.76. The second-order valence-electron chi connectivity index (χ2n) is 3.81. The van der Waals surface area contributed by atoms with Crippen LogP contribution in [0.3, 0.4) is 0 Å². The number of H-pyrrole nitrogens is 1. The molecule has 0 bridgehead atoms. The number of aliphatic carboxylic acids is 1. The minimum absolute atomic E-state index is 0.00569. The fraction of sp³-hybridized carbons (Fsp3) is 0.556. The number of aromatic nitrogens is 2. The summed E-state index contributed by atoms with van der Waals surface area (Å²) in [5, 5.41) is 14.3. The summed E-state index contributed by atoms with van der Waals surface area (Å²) in [7, 11) is 0. The predicted octanol–water partition coefficient (Wildman–Crippen LogP) is 1.62. The zero-order valence-electron chi connectivity index (χ0n) is 8.14. The van der Waals surface area contributed by atoms with E-state index in [1.807, 2.05) is 0 Å². The molecule has 0 fully saturated rings. The molecule has 0 amide bonds. The van der Waals surface area contributed by atoms with Crippen molar-refractivity contribution in [2.24, 2.45) is 5.92 Å². The second-order valence-corrected chi connectivity index (χ2v) is 3.81. The number of carboxylic acids is 1. The number of nitrogens with zero attached hydrogens (tertiary/aromatic N) is 1. The van der Waals surface area contributed by atoms with E-state index in [1.165, 1.54) is 0 Å². The Hall–Kier alpha value is -1.53. The number of fused-ring (bicyclic) bond motifs is 1. The van der Waals surface area contributed by atoms with Crippen LogP contribution in [0.2, 0.25) is 0 Å². The van der Waals surface area contributed by atoms with E-state index in [-0.39, 0.29) is 12.0 Å². The van der Waals surface area contributed by atoms with E-state index in [0.29, 0.717) is 18.5 Å². The van der Waals surface area contributed by atoms with Crippen LogP contribution in [0.1, 0.15) is 23.4 Å². The third-order valence-corrected chi connectivity index (χ3v) is 2.76. The van der Waals surface area contributed by atoms with Crippen molar-refractivity contribution in [3.05, 3.63) is 17.0 Å². The summed E-state index contributed by atoms with van der Waals surface area (Å²) >= 11 is 0. The van der Waals surface area contributed by atoms with E-state index in [4.69, 9.17) is 5.11 Å². The standard InChI is InChI=1S/C9H9F3N2O2/c10-9(11,12)7-5-3-4(8(15)16)1-2-6(5)13-14-7/h4H,1-3H2,(H,13,14)(H,15,16). The van der Waals surface area contributed by atoms with Crippen LogP contribution in [0, 0.1) is 5.92 Å². The summed E-state index contributed by atoms with van der Waals surface area (Å²) in [5.41, 5.74) is -0.565. The molecule has 16 heavy (non-hydrogen) atoms. The van der Waals surface area contributed by atoms with Gasteiger partial charge in [-0.15, -0.1) is 0 Å². The number of hydrogen-bond donors (Lipinski definition) is 2. The van der Waals surface area contributed by atoms with Crippen molar-refractivity contribution in [2.75, 3.05) is 0 Å². The van der Waals surface area contributed by atoms with Gasteiger partial charge in [0.1, 0.15) is 0 Å². The molecule has 0 saturated carbocycles. The Balaban J connectivity index is 2.35. The SMILES string of the molecule is O=C(O)C1CCc2[nH]nc(C(F)(F)F)c2C1. The average Bonchev–Trinajstić information content (AvgIpc) is 2.58. The molecule has 1 aliphatic rings. The Bertz CT molecular complexity index is 425. The minimum Gasteiger partial charge on any atom is -0.481 e. The maximum atomic E-state index is 12.5. The molecule has 1 aliphatic carbocycles. The van der Waals surface area contributed by atoms with Gasteiger partial charge in [0.2, 0.25) is 0 Å². The lowest BCUT2D eigenvalue weighted by Gasteiger charge is -2.19. The van der Waals surface area contributed by atoms with Crippen molar-refractivity contribution >= 4 is 5.97 Å². The number of alkyl halides is 3. The summed E-state index contributed by atoms with van der Waals surface area (Å²) in [4.78, 5) is 10.7. The number of nitrogens with one attached hydrogen (secondary N) is 1. The lowest BCUT2D eigenvalue weighted by atomic mass is 9.86. The molecule has 0 aromatic carbocycles. The van der Waals surface area contributed by atoms with Crippen LogP contribution < -0.4 is 0 Å². The van der Waals surface area contributed by atoms with Crippen molar-refractivity contribution in [1.29, 1.82) is 0 Å². The van der Waals surface area contributed by atoms with E-state index >= 15 is 0 Å². The summed E-state index contributed by atoms with van der Waals surface area (Å²) in [6.07, 6.45) is -3.97. The number of aromatic amines is 1. The molecule has 1 aromatic rings. The van der Waals surface area contributed by atoms with Crippen molar-refractivity contribution in [3.8, 4) is 0 Å². The third kappa shape index (κ3) is 1.77. The number of hydrogen-bond acceptors (Lipinski definition) is 2. The summed E-state index contributed by atoms with van der Waals surface area (Å²) < 4.78 is 37.5. The van der Waals surface area contributed by atoms with Gasteiger partial charge in [-0.1, -0.05) is 0 Å². The highest BCUT2D eigenvalue weighted by Crippen LogP contribution is 2.35. The van der Waals surface area contributed by atoms with Crippen LogP contribution in [-0.2, 0) is 23.8 Å². The Kier molecular flexibility index (Phi) is 2.40. The van der Waals surface area contributed by atoms with Crippen LogP contribution in [0.25, 0.3) is 0 Å². The molecule has 1 aromatic heterocycles. The van der Waals surface area contributed by atoms with Crippen LogP contribution in [0.5, 0.6) is 0 Å². The maximum absolute atomic E-state index is 12.5. The van der Waals surface area contributed by atoms with E-state index in [1.54, 1.807) is 0 Å². The molecule has 2 rings (SSSR count). The van der Waals surface area contributed by atoms with Crippen LogP contribution in [-0.4, -0.2) is 21.3 Å². The van der Waals surface area contributed by atoms with Crippen LogP contribution in [0.4, 0.5) is 13.2 Å². The normalized spacial score (nSPS) is 20.6. The fourth-order valence-corrected chi connectivity index (χ4v) is 1.94. The summed E-state index contributed by atoms with van der Waals surface area (Å²) in [6.45, 7) is 0. The molecule has 0 spiro atoms. The smallest absolute Gasteiger partial charge is 0.435 e. The lowest BCUT2D eigenvalue weighted by molar-refractivity contribution is -0.145. The van der Waals surface area contributed by atoms with Crippen molar-refractivity contribution in [3.63, 3.8) is 0 Å². The van der Waals surface area contributed by atoms with E-state index in [9.17, 15) is 18.0 Å². The molecular formula is C9H9F3N2O2. The van der Waals surface area contributed by atoms with Crippen molar-refractivity contribution in [1.82, 2.24) is 10.2 Å². The second kappa shape index (κ2) is 3.50. The van der Waals surface area contributed by atoms with Crippen molar-refractivity contribution < 1.29 is 23.1 Å². The highest BCUT2D eigenvalue weighted by molar-refractivity contribution is 5.71. The Morgan fingerprint density at radius 2 is 2.19 bits per heavy atom. The molecule has 0 aliphatic heterocycles. The van der Waals surface area contributed by atoms with Gasteiger partial charge in [-0.05, 0) is 19.3 Å². The minimum atomic E-state index is -4.52. The molecule has 1 unspecified atom stereocenters. The number of carbonyl (C=O) groups is 1. The van der Waals surface area contributed by atoms with E-state index in [2.05, 4.69) is 10.2 Å². The zero-order chi connectivity index (χ0) is 11.9. The van der Waals surface area contributed by atoms with Gasteiger partial charge in [-0.3, -0.25) is 9.89 Å². The molecule has 88 valence electrons. The van der Waals surface area contributed by atoms with Gasteiger partial charge < -0.3 is 5.11 Å². The fourth-order valence-electron chi connectivity index (χ4n) is 1.94. The molecule has 0 radical (unpaired) electrons. The van der Waals surface area contributed by atoms with Gasteiger partial charge in [0, 0.05) is 11.3 Å². The van der Waals surface area contributed by atoms with Gasteiger partial charge >= 0.3 is 12.1 Å². The first-order valence-corrected chi connectivity index (χ1v) is 4.75. The van der Waals surface area contributed by atoms with Crippen LogP contribution in [0.15, 0.2) is 0 Å². The summed E-state index contributed by atoms with van der Waals surface area (Å²) in [6, 6.07) is 0. The molecular weight excluding hydrogens is 225 g/mol. The first kappa shape index (κ1) is 11.0. The number of carboxylic acid groups (broad SMARTS) is 1. The molecule has 4 nitrogen and oxygen atoms in total. The molecule has 1 heterocycles. The van der Waals surface area contributed by atoms with Crippen molar-refractivity contribution in [2.45, 2.75) is 25.4 Å². The van der Waals surface area contributed by atoms with Gasteiger partial charge in [0.05, 0.1) is 5.92 Å². The highest BCUT2D eigenvalue weighted by Gasteiger charge is 2.40. The lowest BCUT2D eigenvalue weighted by Crippen LogP contribution is -2.23. The summed E-state index contributed by atoms with van der Waals surface area (Å²) in [5.74, 6) is -1.80. The largest absolute Gasteiger partial charge is 0.481 e. The monoisotopic (exact) mass is 234 g/mol. The number of rotatable bonds is 1. The quantitative estimate of drug-likeness (QED) is 0.775. The highest BCUT2D eigenvalue weighted by atomic mass is 19.4. The predicted molar refractivity (Wildman–Crippen MR) is 46.7 cm³/mol. The number of aryl methyl sites for hydroxylation is 1. The Morgan fingerprint density at radius 1 is 1.50 bits per heavy atom. The molecule has 7 heteroatoms. The van der Waals surface area contributed by atoms with Gasteiger partial charge in [0.15, 0.2) is 5.69 Å². The van der Waals surface area contributed by atoms with Gasteiger partial charge in [-0.2, -0.15) is 18.3 Å². The van der Waals surface area contributed by atoms with Crippen LogP contribution >= 0.6 is 0 Å². The van der Waals surface area contributed by atoms with E-state index < -0.39 is 23.8 Å². The van der Waals surface area contributed by atoms with Gasteiger partial charge in [0.25, 0.3) is 0 Å². The molecule has 2 N–H and O–H groups in total. The Morgan fingerprint density at radius 3 is 2.75 bits per heavy atom. The first-order valence-electron chi connectivity index (χ1n) is 4.75. The average molecular weight is 234 g/mol. The molecule has 1 atom stereocenters. The maximum Gasteiger partial charge on any atom is 0.435 e. The first-order chi connectivity index (χ1) is 7.39.